The zero-order valence-corrected chi connectivity index (χ0v) is 20.9. The van der Waals surface area contributed by atoms with Crippen molar-refractivity contribution < 1.29 is 33.9 Å². The maximum Gasteiger partial charge on any atom is 0.413 e. The molecule has 194 valence electrons. The smallest absolute Gasteiger partial charge is 0.413 e. The minimum absolute atomic E-state index is 0.00251. The summed E-state index contributed by atoms with van der Waals surface area (Å²) in [5.74, 6) is -2.52. The van der Waals surface area contributed by atoms with Gasteiger partial charge in [-0.15, -0.1) is 11.3 Å². The van der Waals surface area contributed by atoms with E-state index in [0.29, 0.717) is 19.6 Å². The number of hydrogen-bond acceptors (Lipinski definition) is 11. The molecule has 1 aliphatic rings. The molecule has 2 heterocycles. The molecule has 2 atom stereocenters. The van der Waals surface area contributed by atoms with E-state index >= 15 is 0 Å². The summed E-state index contributed by atoms with van der Waals surface area (Å²) in [4.78, 5) is 57.7. The summed E-state index contributed by atoms with van der Waals surface area (Å²) >= 11 is 0.986. The minimum Gasteiger partial charge on any atom is -0.478 e. The fraction of sp³-hybridized carbons (Fsp3) is 0.600. The lowest BCUT2D eigenvalue weighted by molar-refractivity contribution is -0.161. The SMILES string of the molecule is CC(C)(C)OC(=O)Nc1nc(C(=NOC(C)(C)C(=O)O)C(=O)N[C@@H]2C(=O)N[C@H]2CNCCN)cs1. The van der Waals surface area contributed by atoms with E-state index in [2.05, 4.69) is 31.4 Å². The van der Waals surface area contributed by atoms with Gasteiger partial charge in [0.25, 0.3) is 5.91 Å². The van der Waals surface area contributed by atoms with Gasteiger partial charge >= 0.3 is 12.1 Å². The molecule has 0 radical (unpaired) electrons. The average molecular weight is 514 g/mol. The van der Waals surface area contributed by atoms with Crippen LogP contribution in [-0.4, -0.2) is 82.6 Å². The molecule has 1 saturated heterocycles. The van der Waals surface area contributed by atoms with E-state index in [1.54, 1.807) is 20.8 Å². The highest BCUT2D eigenvalue weighted by Gasteiger charge is 2.41. The molecule has 0 bridgehead atoms. The van der Waals surface area contributed by atoms with E-state index < -0.39 is 41.1 Å². The number of nitrogens with two attached hydrogens (primary N) is 1. The maximum atomic E-state index is 13.0. The number of rotatable bonds is 11. The Labute approximate surface area is 206 Å². The molecule has 1 aromatic heterocycles. The van der Waals surface area contributed by atoms with Crippen molar-refractivity contribution in [2.75, 3.05) is 25.0 Å². The van der Waals surface area contributed by atoms with Gasteiger partial charge in [-0.25, -0.2) is 14.6 Å². The molecule has 0 unspecified atom stereocenters. The molecule has 7 N–H and O–H groups in total. The Bertz CT molecular complexity index is 987. The Balaban J connectivity index is 2.22. The van der Waals surface area contributed by atoms with Crippen LogP contribution >= 0.6 is 11.3 Å². The van der Waals surface area contributed by atoms with Gasteiger partial charge in [0.15, 0.2) is 10.8 Å². The van der Waals surface area contributed by atoms with E-state index in [-0.39, 0.29) is 22.6 Å². The second-order valence-corrected chi connectivity index (χ2v) is 9.93. The second kappa shape index (κ2) is 11.4. The number of amides is 3. The normalized spacial score (nSPS) is 18.2. The third-order valence-electron chi connectivity index (χ3n) is 4.43. The van der Waals surface area contributed by atoms with Gasteiger partial charge in [0.05, 0.1) is 6.04 Å². The first-order valence-electron chi connectivity index (χ1n) is 10.7. The van der Waals surface area contributed by atoms with Crippen LogP contribution in [0.25, 0.3) is 0 Å². The topological polar surface area (TPSA) is 206 Å². The highest BCUT2D eigenvalue weighted by atomic mass is 32.1. The summed E-state index contributed by atoms with van der Waals surface area (Å²) < 4.78 is 5.17. The Morgan fingerprint density at radius 1 is 1.29 bits per heavy atom. The van der Waals surface area contributed by atoms with Crippen LogP contribution in [0.3, 0.4) is 0 Å². The third-order valence-corrected chi connectivity index (χ3v) is 5.19. The van der Waals surface area contributed by atoms with Crippen molar-refractivity contribution in [2.24, 2.45) is 10.9 Å². The first-order valence-corrected chi connectivity index (χ1v) is 11.6. The number of hydrogen-bond donors (Lipinski definition) is 6. The number of carbonyl (C=O) groups is 4. The van der Waals surface area contributed by atoms with Gasteiger partial charge in [-0.2, -0.15) is 0 Å². The fourth-order valence-electron chi connectivity index (χ4n) is 2.58. The number of oxime groups is 1. The number of aliphatic carboxylic acids is 1. The van der Waals surface area contributed by atoms with E-state index in [1.807, 2.05) is 0 Å². The Morgan fingerprint density at radius 2 is 1.97 bits per heavy atom. The van der Waals surface area contributed by atoms with Gasteiger partial charge in [-0.3, -0.25) is 14.9 Å². The van der Waals surface area contributed by atoms with Crippen LogP contribution in [0.2, 0.25) is 0 Å². The van der Waals surface area contributed by atoms with Gasteiger partial charge in [-0.1, -0.05) is 5.16 Å². The van der Waals surface area contributed by atoms with Gasteiger partial charge in [0, 0.05) is 25.0 Å². The summed E-state index contributed by atoms with van der Waals surface area (Å²) in [5.41, 5.74) is 2.59. The lowest BCUT2D eigenvalue weighted by atomic mass is 9.98. The molecule has 14 nitrogen and oxygen atoms in total. The first-order chi connectivity index (χ1) is 16.2. The summed E-state index contributed by atoms with van der Waals surface area (Å²) in [6.07, 6.45) is -0.747. The summed E-state index contributed by atoms with van der Waals surface area (Å²) in [6, 6.07) is -1.24. The van der Waals surface area contributed by atoms with E-state index in [0.717, 1.165) is 11.3 Å². The van der Waals surface area contributed by atoms with Gasteiger partial charge in [0.1, 0.15) is 17.3 Å². The Hall–Kier alpha value is -3.30. The Kier molecular flexibility index (Phi) is 9.12. The molecule has 1 fully saturated rings. The number of aromatic nitrogens is 1. The predicted molar refractivity (Wildman–Crippen MR) is 127 cm³/mol. The van der Waals surface area contributed by atoms with Crippen molar-refractivity contribution in [1.82, 2.24) is 20.9 Å². The quantitative estimate of drug-likeness (QED) is 0.0977. The lowest BCUT2D eigenvalue weighted by Gasteiger charge is -2.37. The van der Waals surface area contributed by atoms with Crippen LogP contribution in [0.1, 0.15) is 40.3 Å². The molecular weight excluding hydrogens is 482 g/mol. The number of anilines is 1. The molecule has 1 aromatic rings. The predicted octanol–water partition coefficient (Wildman–Crippen LogP) is -0.394. The summed E-state index contributed by atoms with van der Waals surface area (Å²) in [7, 11) is 0. The van der Waals surface area contributed by atoms with Crippen molar-refractivity contribution >= 4 is 46.1 Å². The number of carbonyl (C=O) groups excluding carboxylic acids is 3. The van der Waals surface area contributed by atoms with Crippen molar-refractivity contribution in [3.05, 3.63) is 11.1 Å². The van der Waals surface area contributed by atoms with E-state index in [4.69, 9.17) is 15.3 Å². The highest BCUT2D eigenvalue weighted by molar-refractivity contribution is 7.14. The first kappa shape index (κ1) is 27.9. The maximum absolute atomic E-state index is 13.0. The molecule has 0 saturated carbocycles. The number of nitrogens with zero attached hydrogens (tertiary/aromatic N) is 2. The Morgan fingerprint density at radius 3 is 2.54 bits per heavy atom. The number of thiazole rings is 1. The van der Waals surface area contributed by atoms with Crippen molar-refractivity contribution in [1.29, 1.82) is 0 Å². The average Bonchev–Trinajstić information content (AvgIpc) is 3.17. The van der Waals surface area contributed by atoms with Crippen molar-refractivity contribution in [3.8, 4) is 0 Å². The number of carboxylic acid groups (broad SMARTS) is 1. The summed E-state index contributed by atoms with van der Waals surface area (Å²) in [6.45, 7) is 8.93. The van der Waals surface area contributed by atoms with Crippen LogP contribution < -0.4 is 27.0 Å². The van der Waals surface area contributed by atoms with Crippen molar-refractivity contribution in [2.45, 2.75) is 57.9 Å². The standard InChI is InChI=1S/C20H31N7O7S/c1-19(2,3)33-18(32)26-17-24-11(9-35-17)13(27-34-20(4,5)16(30)31)15(29)25-12-10(23-14(12)28)8-22-7-6-21/h9-10,12,22H,6-8,21H2,1-5H3,(H,23,28)(H,25,29)(H,30,31)(H,24,26,32)/t10-,12-/m0/s1. The van der Waals surface area contributed by atoms with Crippen LogP contribution in [0, 0.1) is 0 Å². The number of carboxylic acids is 1. The van der Waals surface area contributed by atoms with Crippen LogP contribution in [0.4, 0.5) is 9.93 Å². The number of ether oxygens (including phenoxy) is 1. The number of nitrogens with one attached hydrogen (secondary N) is 4. The third kappa shape index (κ3) is 8.15. The molecule has 0 aromatic carbocycles. The zero-order valence-electron chi connectivity index (χ0n) is 20.1. The molecule has 1 aliphatic heterocycles. The van der Waals surface area contributed by atoms with Gasteiger partial charge in [0.2, 0.25) is 11.5 Å². The second-order valence-electron chi connectivity index (χ2n) is 9.07. The highest BCUT2D eigenvalue weighted by Crippen LogP contribution is 2.19. The molecule has 15 heteroatoms. The van der Waals surface area contributed by atoms with Crippen LogP contribution in [-0.2, 0) is 24.0 Å². The minimum atomic E-state index is -1.75. The summed E-state index contributed by atoms with van der Waals surface area (Å²) in [5, 5.41) is 25.3. The number of β-lactam (4-membered cyclic amide) rings is 1. The van der Waals surface area contributed by atoms with Crippen LogP contribution in [0.15, 0.2) is 10.5 Å². The van der Waals surface area contributed by atoms with Gasteiger partial charge in [-0.05, 0) is 34.6 Å². The van der Waals surface area contributed by atoms with E-state index in [1.165, 1.54) is 19.2 Å². The monoisotopic (exact) mass is 513 g/mol. The molecule has 2 rings (SSSR count). The lowest BCUT2D eigenvalue weighted by Crippen LogP contribution is -2.72. The van der Waals surface area contributed by atoms with E-state index in [9.17, 15) is 24.3 Å². The zero-order chi connectivity index (χ0) is 26.4. The molecule has 0 aliphatic carbocycles. The largest absolute Gasteiger partial charge is 0.478 e. The van der Waals surface area contributed by atoms with Gasteiger partial charge < -0.3 is 36.4 Å². The van der Waals surface area contributed by atoms with Crippen molar-refractivity contribution in [3.63, 3.8) is 0 Å². The molecule has 3 amide bonds. The molecule has 0 spiro atoms. The molecule has 35 heavy (non-hydrogen) atoms. The molecular formula is C20H31N7O7S. The fourth-order valence-corrected chi connectivity index (χ4v) is 3.26. The van der Waals surface area contributed by atoms with Crippen LogP contribution in [0.5, 0.6) is 0 Å².